The number of halogens is 1. The van der Waals surface area contributed by atoms with Gasteiger partial charge in [0.05, 0.1) is 11.0 Å². The van der Waals surface area contributed by atoms with E-state index in [1.165, 1.54) is 18.6 Å². The molecule has 0 bridgehead atoms. The van der Waals surface area contributed by atoms with E-state index in [9.17, 15) is 4.39 Å². The van der Waals surface area contributed by atoms with Crippen LogP contribution in [0, 0.1) is 5.82 Å². The van der Waals surface area contributed by atoms with Crippen molar-refractivity contribution in [1.82, 2.24) is 9.55 Å². The van der Waals surface area contributed by atoms with E-state index >= 15 is 0 Å². The lowest BCUT2D eigenvalue weighted by Crippen LogP contribution is -2.37. The monoisotopic (exact) mass is 219 g/mol. The molecule has 0 atom stereocenters. The van der Waals surface area contributed by atoms with Crippen LogP contribution in [0.5, 0.6) is 0 Å². The number of hydrogen-bond donors (Lipinski definition) is 1. The van der Waals surface area contributed by atoms with E-state index in [0.717, 1.165) is 18.4 Å². The number of anilines is 1. The second kappa shape index (κ2) is 2.97. The highest BCUT2D eigenvalue weighted by Gasteiger charge is 2.36. The Morgan fingerprint density at radius 3 is 2.81 bits per heavy atom. The van der Waals surface area contributed by atoms with Gasteiger partial charge in [-0.05, 0) is 38.3 Å². The number of aromatic nitrogens is 2. The Morgan fingerprint density at radius 2 is 2.19 bits per heavy atom. The summed E-state index contributed by atoms with van der Waals surface area (Å²) in [6, 6.07) is 4.66. The highest BCUT2D eigenvalue weighted by atomic mass is 19.1. The summed E-state index contributed by atoms with van der Waals surface area (Å²) in [6.45, 7) is 2.18. The second-order valence-electron chi connectivity index (χ2n) is 4.79. The van der Waals surface area contributed by atoms with Crippen molar-refractivity contribution in [2.24, 2.45) is 0 Å². The first-order valence-corrected chi connectivity index (χ1v) is 5.54. The van der Waals surface area contributed by atoms with Gasteiger partial charge in [0.2, 0.25) is 5.95 Å². The fraction of sp³-hybridized carbons (Fsp3) is 0.417. The number of nitrogens with two attached hydrogens (primary N) is 1. The highest BCUT2D eigenvalue weighted by Crippen LogP contribution is 2.42. The van der Waals surface area contributed by atoms with Gasteiger partial charge in [-0.3, -0.25) is 0 Å². The Balaban J connectivity index is 2.27. The van der Waals surface area contributed by atoms with Gasteiger partial charge in [-0.25, -0.2) is 9.37 Å². The van der Waals surface area contributed by atoms with Crippen molar-refractivity contribution in [2.75, 3.05) is 5.73 Å². The molecule has 1 aromatic carbocycles. The van der Waals surface area contributed by atoms with Crippen LogP contribution in [0.25, 0.3) is 11.0 Å². The van der Waals surface area contributed by atoms with E-state index < -0.39 is 0 Å². The summed E-state index contributed by atoms with van der Waals surface area (Å²) < 4.78 is 15.1. The summed E-state index contributed by atoms with van der Waals surface area (Å²) in [4.78, 5) is 4.22. The summed E-state index contributed by atoms with van der Waals surface area (Å²) in [5.74, 6) is 0.221. The molecule has 3 nitrogen and oxygen atoms in total. The van der Waals surface area contributed by atoms with Crippen LogP contribution in [-0.4, -0.2) is 9.55 Å². The molecule has 1 aromatic heterocycles. The molecular formula is C12H14FN3. The SMILES string of the molecule is CC1(n2c(N)nc3cc(F)ccc32)CCC1. The fourth-order valence-corrected chi connectivity index (χ4v) is 2.55. The van der Waals surface area contributed by atoms with Crippen LogP contribution in [0.15, 0.2) is 18.2 Å². The molecule has 3 rings (SSSR count). The van der Waals surface area contributed by atoms with Gasteiger partial charge in [-0.2, -0.15) is 0 Å². The van der Waals surface area contributed by atoms with Gasteiger partial charge in [0.25, 0.3) is 0 Å². The molecule has 2 N–H and O–H groups in total. The lowest BCUT2D eigenvalue weighted by Gasteiger charge is -2.40. The molecule has 0 amide bonds. The molecule has 2 aromatic rings. The molecule has 0 unspecified atom stereocenters. The molecule has 4 heteroatoms. The third-order valence-corrected chi connectivity index (χ3v) is 3.61. The molecule has 1 heterocycles. The third-order valence-electron chi connectivity index (χ3n) is 3.61. The molecule has 0 aliphatic heterocycles. The normalized spacial score (nSPS) is 18.6. The van der Waals surface area contributed by atoms with Crippen LogP contribution >= 0.6 is 0 Å². The largest absolute Gasteiger partial charge is 0.369 e. The van der Waals surface area contributed by atoms with Gasteiger partial charge in [0, 0.05) is 11.6 Å². The molecule has 16 heavy (non-hydrogen) atoms. The zero-order chi connectivity index (χ0) is 11.3. The number of rotatable bonds is 1. The van der Waals surface area contributed by atoms with E-state index in [0.29, 0.717) is 11.5 Å². The number of imidazole rings is 1. The van der Waals surface area contributed by atoms with Gasteiger partial charge >= 0.3 is 0 Å². The number of hydrogen-bond acceptors (Lipinski definition) is 2. The first-order chi connectivity index (χ1) is 7.60. The predicted octanol–water partition coefficient (Wildman–Crippen LogP) is 2.66. The van der Waals surface area contributed by atoms with Crippen molar-refractivity contribution in [1.29, 1.82) is 0 Å². The molecule has 1 aliphatic carbocycles. The Hall–Kier alpha value is -1.58. The lowest BCUT2D eigenvalue weighted by molar-refractivity contribution is 0.177. The first-order valence-electron chi connectivity index (χ1n) is 5.54. The molecule has 84 valence electrons. The minimum absolute atomic E-state index is 0.0661. The molecule has 1 fully saturated rings. The number of benzene rings is 1. The maximum atomic E-state index is 13.1. The quantitative estimate of drug-likeness (QED) is 0.801. The van der Waals surface area contributed by atoms with Gasteiger partial charge in [0.1, 0.15) is 5.82 Å². The highest BCUT2D eigenvalue weighted by molar-refractivity contribution is 5.78. The number of nitrogen functional groups attached to an aromatic ring is 1. The maximum Gasteiger partial charge on any atom is 0.201 e. The van der Waals surface area contributed by atoms with Gasteiger partial charge in [-0.15, -0.1) is 0 Å². The standard InChI is InChI=1S/C12H14FN3/c1-12(5-2-6-12)16-10-4-3-8(13)7-9(10)15-11(16)14/h3-4,7H,2,5-6H2,1H3,(H2,14,15). The fourth-order valence-electron chi connectivity index (χ4n) is 2.55. The Kier molecular flexibility index (Phi) is 1.79. The number of fused-ring (bicyclic) bond motifs is 1. The van der Waals surface area contributed by atoms with Crippen LogP contribution in [0.1, 0.15) is 26.2 Å². The van der Waals surface area contributed by atoms with Crippen molar-refractivity contribution in [3.05, 3.63) is 24.0 Å². The molecule has 0 saturated heterocycles. The summed E-state index contributed by atoms with van der Waals surface area (Å²) in [6.07, 6.45) is 3.44. The van der Waals surface area contributed by atoms with E-state index in [4.69, 9.17) is 5.73 Å². The van der Waals surface area contributed by atoms with Crippen LogP contribution in [-0.2, 0) is 5.54 Å². The summed E-state index contributed by atoms with van der Waals surface area (Å²) in [5, 5.41) is 0. The third kappa shape index (κ3) is 1.16. The minimum atomic E-state index is -0.268. The first kappa shape index (κ1) is 9.63. The van der Waals surface area contributed by atoms with Crippen molar-refractivity contribution < 1.29 is 4.39 Å². The zero-order valence-electron chi connectivity index (χ0n) is 9.20. The summed E-state index contributed by atoms with van der Waals surface area (Å²) in [7, 11) is 0. The lowest BCUT2D eigenvalue weighted by atomic mass is 9.78. The van der Waals surface area contributed by atoms with Gasteiger partial charge in [-0.1, -0.05) is 0 Å². The van der Waals surface area contributed by atoms with Crippen molar-refractivity contribution >= 4 is 17.0 Å². The van der Waals surface area contributed by atoms with Crippen molar-refractivity contribution in [2.45, 2.75) is 31.7 Å². The van der Waals surface area contributed by atoms with E-state index in [1.807, 2.05) is 4.57 Å². The average molecular weight is 219 g/mol. The maximum absolute atomic E-state index is 13.1. The topological polar surface area (TPSA) is 43.8 Å². The molecule has 1 saturated carbocycles. The van der Waals surface area contributed by atoms with Gasteiger partial charge < -0.3 is 10.3 Å². The van der Waals surface area contributed by atoms with Crippen molar-refractivity contribution in [3.63, 3.8) is 0 Å². The molecular weight excluding hydrogens is 205 g/mol. The average Bonchev–Trinajstić information content (AvgIpc) is 2.50. The smallest absolute Gasteiger partial charge is 0.201 e. The molecule has 1 aliphatic rings. The van der Waals surface area contributed by atoms with E-state index in [2.05, 4.69) is 11.9 Å². The predicted molar refractivity (Wildman–Crippen MR) is 61.6 cm³/mol. The Morgan fingerprint density at radius 1 is 1.44 bits per heavy atom. The van der Waals surface area contributed by atoms with E-state index in [1.54, 1.807) is 6.07 Å². The summed E-state index contributed by atoms with van der Waals surface area (Å²) >= 11 is 0. The van der Waals surface area contributed by atoms with Crippen LogP contribution in [0.2, 0.25) is 0 Å². The van der Waals surface area contributed by atoms with Crippen LogP contribution in [0.4, 0.5) is 10.3 Å². The van der Waals surface area contributed by atoms with Crippen LogP contribution < -0.4 is 5.73 Å². The zero-order valence-corrected chi connectivity index (χ0v) is 9.20. The Bertz CT molecular complexity index is 555. The van der Waals surface area contributed by atoms with Gasteiger partial charge in [0.15, 0.2) is 0 Å². The molecule has 0 spiro atoms. The van der Waals surface area contributed by atoms with Crippen LogP contribution in [0.3, 0.4) is 0 Å². The second-order valence-corrected chi connectivity index (χ2v) is 4.79. The number of nitrogens with zero attached hydrogens (tertiary/aromatic N) is 2. The Labute approximate surface area is 93.1 Å². The molecule has 0 radical (unpaired) electrons. The summed E-state index contributed by atoms with van der Waals surface area (Å²) in [5.41, 5.74) is 7.57. The van der Waals surface area contributed by atoms with Crippen molar-refractivity contribution in [3.8, 4) is 0 Å². The van der Waals surface area contributed by atoms with E-state index in [-0.39, 0.29) is 11.4 Å². The minimum Gasteiger partial charge on any atom is -0.369 e.